The normalized spacial score (nSPS) is 18.7. The van der Waals surface area contributed by atoms with Crippen LogP contribution in [0.2, 0.25) is 0 Å². The second kappa shape index (κ2) is 6.83. The number of hydrogen-bond donors (Lipinski definition) is 0. The fraction of sp³-hybridized carbons (Fsp3) is 0.500. The van der Waals surface area contributed by atoms with E-state index in [0.717, 1.165) is 25.8 Å². The van der Waals surface area contributed by atoms with Gasteiger partial charge in [0, 0.05) is 37.4 Å². The number of halogens is 1. The molecule has 2 aromatic rings. The molecular formula is C20H24ClN3O. The fourth-order valence-electron chi connectivity index (χ4n) is 4.41. The summed E-state index contributed by atoms with van der Waals surface area (Å²) in [5, 5.41) is 4.34. The zero-order valence-corrected chi connectivity index (χ0v) is 15.4. The number of benzene rings is 1. The molecule has 1 aliphatic carbocycles. The number of amides is 1. The van der Waals surface area contributed by atoms with E-state index in [1.807, 2.05) is 15.8 Å². The summed E-state index contributed by atoms with van der Waals surface area (Å²) in [6.45, 7) is 3.71. The van der Waals surface area contributed by atoms with Gasteiger partial charge in [-0.3, -0.25) is 9.48 Å². The number of carbonyl (C=O) groups excluding carboxylic acids is 1. The summed E-state index contributed by atoms with van der Waals surface area (Å²) in [7, 11) is 0. The van der Waals surface area contributed by atoms with E-state index in [9.17, 15) is 4.79 Å². The highest BCUT2D eigenvalue weighted by Gasteiger charge is 2.28. The van der Waals surface area contributed by atoms with Gasteiger partial charge in [-0.1, -0.05) is 12.1 Å². The van der Waals surface area contributed by atoms with Crippen molar-refractivity contribution in [1.82, 2.24) is 14.7 Å². The predicted octanol–water partition coefficient (Wildman–Crippen LogP) is 3.26. The van der Waals surface area contributed by atoms with Crippen LogP contribution in [0.4, 0.5) is 0 Å². The molecule has 0 N–H and O–H groups in total. The van der Waals surface area contributed by atoms with E-state index in [1.54, 1.807) is 0 Å². The smallest absolute Gasteiger partial charge is 0.238 e. The highest BCUT2D eigenvalue weighted by atomic mass is 35.5. The maximum Gasteiger partial charge on any atom is 0.238 e. The van der Waals surface area contributed by atoms with E-state index in [-0.39, 0.29) is 17.8 Å². The molecule has 0 spiro atoms. The number of rotatable bonds is 4. The van der Waals surface area contributed by atoms with Crippen LogP contribution in [0.3, 0.4) is 0 Å². The molecule has 25 heavy (non-hydrogen) atoms. The van der Waals surface area contributed by atoms with Gasteiger partial charge in [0.2, 0.25) is 5.91 Å². The van der Waals surface area contributed by atoms with Gasteiger partial charge in [0.1, 0.15) is 5.88 Å². The highest BCUT2D eigenvalue weighted by Crippen LogP contribution is 2.28. The largest absolute Gasteiger partial charge is 0.334 e. The van der Waals surface area contributed by atoms with E-state index in [2.05, 4.69) is 30.2 Å². The number of aromatic nitrogens is 2. The Morgan fingerprint density at radius 3 is 3.12 bits per heavy atom. The lowest BCUT2D eigenvalue weighted by atomic mass is 9.98. The van der Waals surface area contributed by atoms with E-state index in [0.29, 0.717) is 6.54 Å². The molecule has 1 aromatic heterocycles. The van der Waals surface area contributed by atoms with Crippen molar-refractivity contribution in [1.29, 1.82) is 0 Å². The van der Waals surface area contributed by atoms with E-state index in [1.165, 1.54) is 40.8 Å². The maximum atomic E-state index is 12.6. The maximum absolute atomic E-state index is 12.6. The first-order valence-electron chi connectivity index (χ1n) is 9.13. The van der Waals surface area contributed by atoms with E-state index in [4.69, 9.17) is 11.6 Å². The average Bonchev–Trinajstić information content (AvgIpc) is 3.27. The molecule has 1 unspecified atom stereocenters. The van der Waals surface area contributed by atoms with Crippen molar-refractivity contribution in [3.63, 3.8) is 0 Å². The molecule has 1 aliphatic heterocycles. The highest BCUT2D eigenvalue weighted by molar-refractivity contribution is 6.27. The standard InChI is InChI=1S/C20H24ClN3O/c1-14-9-15(10-16-3-2-4-19(14)16)13-23(20(25)12-21)17-6-8-24-18(11-17)5-7-22-24/h5,7,9-10,17H,2-4,6,8,11-13H2,1H3. The van der Waals surface area contributed by atoms with Crippen molar-refractivity contribution in [2.75, 3.05) is 5.88 Å². The lowest BCUT2D eigenvalue weighted by Gasteiger charge is -2.34. The Kier molecular flexibility index (Phi) is 4.55. The summed E-state index contributed by atoms with van der Waals surface area (Å²) in [5.74, 6) is 0.0671. The van der Waals surface area contributed by atoms with Gasteiger partial charge in [-0.05, 0) is 60.9 Å². The predicted molar refractivity (Wildman–Crippen MR) is 98.8 cm³/mol. The Morgan fingerprint density at radius 2 is 2.28 bits per heavy atom. The molecule has 132 valence electrons. The Balaban J connectivity index is 1.58. The van der Waals surface area contributed by atoms with Gasteiger partial charge in [0.15, 0.2) is 0 Å². The summed E-state index contributed by atoms with van der Waals surface area (Å²) in [4.78, 5) is 14.5. The minimum atomic E-state index is 0.0257. The second-order valence-corrected chi connectivity index (χ2v) is 7.52. The van der Waals surface area contributed by atoms with E-state index < -0.39 is 0 Å². The summed E-state index contributed by atoms with van der Waals surface area (Å²) in [6.07, 6.45) is 7.23. The molecule has 0 fully saturated rings. The molecular weight excluding hydrogens is 334 g/mol. The van der Waals surface area contributed by atoms with Gasteiger partial charge >= 0.3 is 0 Å². The number of fused-ring (bicyclic) bond motifs is 2. The SMILES string of the molecule is Cc1cc(CN(C(=O)CCl)C2CCn3nccc3C2)cc2c1CCC2. The summed E-state index contributed by atoms with van der Waals surface area (Å²) in [6, 6.07) is 6.81. The van der Waals surface area contributed by atoms with Gasteiger partial charge in [0.05, 0.1) is 0 Å². The van der Waals surface area contributed by atoms with Crippen LogP contribution >= 0.6 is 11.6 Å². The van der Waals surface area contributed by atoms with Crippen molar-refractivity contribution < 1.29 is 4.79 Å². The van der Waals surface area contributed by atoms with Gasteiger partial charge < -0.3 is 4.90 Å². The van der Waals surface area contributed by atoms with Gasteiger partial charge in [-0.25, -0.2) is 0 Å². The zero-order valence-electron chi connectivity index (χ0n) is 14.7. The molecule has 4 nitrogen and oxygen atoms in total. The van der Waals surface area contributed by atoms with Crippen molar-refractivity contribution in [3.8, 4) is 0 Å². The van der Waals surface area contributed by atoms with Crippen LogP contribution in [0, 0.1) is 6.92 Å². The average molecular weight is 358 g/mol. The van der Waals surface area contributed by atoms with Crippen molar-refractivity contribution >= 4 is 17.5 Å². The molecule has 0 saturated heterocycles. The van der Waals surface area contributed by atoms with Crippen molar-refractivity contribution in [3.05, 3.63) is 52.3 Å². The van der Waals surface area contributed by atoms with Gasteiger partial charge in [-0.2, -0.15) is 5.10 Å². The summed E-state index contributed by atoms with van der Waals surface area (Å²) < 4.78 is 2.04. The van der Waals surface area contributed by atoms with E-state index >= 15 is 0 Å². The van der Waals surface area contributed by atoms with Gasteiger partial charge in [-0.15, -0.1) is 11.6 Å². The van der Waals surface area contributed by atoms with Crippen LogP contribution in [0.1, 0.15) is 40.8 Å². The quantitative estimate of drug-likeness (QED) is 0.788. The van der Waals surface area contributed by atoms with Crippen LogP contribution < -0.4 is 0 Å². The van der Waals surface area contributed by atoms with Crippen LogP contribution in [0.15, 0.2) is 24.4 Å². The third kappa shape index (κ3) is 3.20. The molecule has 2 aliphatic rings. The first-order chi connectivity index (χ1) is 12.2. The number of carbonyl (C=O) groups is 1. The molecule has 1 amide bonds. The second-order valence-electron chi connectivity index (χ2n) is 7.25. The van der Waals surface area contributed by atoms with Crippen LogP contribution in [-0.2, 0) is 37.1 Å². The zero-order chi connectivity index (χ0) is 17.4. The lowest BCUT2D eigenvalue weighted by Crippen LogP contribution is -2.44. The third-order valence-electron chi connectivity index (χ3n) is 5.65. The van der Waals surface area contributed by atoms with Crippen LogP contribution in [0.25, 0.3) is 0 Å². The first kappa shape index (κ1) is 16.6. The Bertz CT molecular complexity index is 798. The van der Waals surface area contributed by atoms with Crippen LogP contribution in [-0.4, -0.2) is 32.5 Å². The number of aryl methyl sites for hydroxylation is 3. The number of nitrogens with zero attached hydrogens (tertiary/aromatic N) is 3. The molecule has 4 rings (SSSR count). The lowest BCUT2D eigenvalue weighted by molar-refractivity contribution is -0.132. The molecule has 2 heterocycles. The number of hydrogen-bond acceptors (Lipinski definition) is 2. The summed E-state index contributed by atoms with van der Waals surface area (Å²) >= 11 is 5.93. The Morgan fingerprint density at radius 1 is 1.40 bits per heavy atom. The minimum absolute atomic E-state index is 0.0257. The molecule has 5 heteroatoms. The topological polar surface area (TPSA) is 38.1 Å². The molecule has 1 aromatic carbocycles. The monoisotopic (exact) mass is 357 g/mol. The minimum Gasteiger partial charge on any atom is -0.334 e. The molecule has 0 saturated carbocycles. The van der Waals surface area contributed by atoms with Crippen molar-refractivity contribution in [2.24, 2.45) is 0 Å². The molecule has 1 atom stereocenters. The molecule has 0 bridgehead atoms. The first-order valence-corrected chi connectivity index (χ1v) is 9.66. The number of alkyl halides is 1. The van der Waals surface area contributed by atoms with Crippen LogP contribution in [0.5, 0.6) is 0 Å². The Labute approximate surface area is 153 Å². The fourth-order valence-corrected chi connectivity index (χ4v) is 4.56. The Hall–Kier alpha value is -1.81. The molecule has 0 radical (unpaired) electrons. The third-order valence-corrected chi connectivity index (χ3v) is 5.88. The van der Waals surface area contributed by atoms with Gasteiger partial charge in [0.25, 0.3) is 0 Å². The van der Waals surface area contributed by atoms with Crippen molar-refractivity contribution in [2.45, 2.75) is 58.2 Å². The summed E-state index contributed by atoms with van der Waals surface area (Å²) in [5.41, 5.74) is 6.78.